The quantitative estimate of drug-likeness (QED) is 0.871. The highest BCUT2D eigenvalue weighted by atomic mass is 79.9. The van der Waals surface area contributed by atoms with E-state index in [-0.39, 0.29) is 0 Å². The van der Waals surface area contributed by atoms with Crippen molar-refractivity contribution in [2.24, 2.45) is 0 Å². The standard InChI is InChI=1S/C15H24BrN3/c1-12-11-14(3-4-15(12)16)18-6-5-13(2)19-9-7-17-8-10-19/h3-4,11,13,17-18H,5-10H2,1-2H3. The molecular weight excluding hydrogens is 302 g/mol. The van der Waals surface area contributed by atoms with Crippen LogP contribution in [0, 0.1) is 6.92 Å². The lowest BCUT2D eigenvalue weighted by Crippen LogP contribution is -2.47. The fourth-order valence-corrected chi connectivity index (χ4v) is 2.73. The molecule has 1 aromatic rings. The maximum Gasteiger partial charge on any atom is 0.0343 e. The van der Waals surface area contributed by atoms with Gasteiger partial charge in [0.15, 0.2) is 0 Å². The molecule has 0 bridgehead atoms. The van der Waals surface area contributed by atoms with Crippen molar-refractivity contribution >= 4 is 21.6 Å². The topological polar surface area (TPSA) is 27.3 Å². The Morgan fingerprint density at radius 3 is 2.79 bits per heavy atom. The second-order valence-corrected chi connectivity index (χ2v) is 6.17. The van der Waals surface area contributed by atoms with Gasteiger partial charge >= 0.3 is 0 Å². The molecule has 0 aliphatic carbocycles. The Kier molecular flexibility index (Phi) is 5.67. The number of anilines is 1. The van der Waals surface area contributed by atoms with Crippen molar-refractivity contribution in [3.05, 3.63) is 28.2 Å². The Bertz CT molecular complexity index is 402. The van der Waals surface area contributed by atoms with Gasteiger partial charge in [0, 0.05) is 48.9 Å². The van der Waals surface area contributed by atoms with Crippen LogP contribution in [0.1, 0.15) is 18.9 Å². The number of nitrogens with one attached hydrogen (secondary N) is 2. The van der Waals surface area contributed by atoms with Crippen LogP contribution in [0.3, 0.4) is 0 Å². The van der Waals surface area contributed by atoms with Crippen LogP contribution in [-0.2, 0) is 0 Å². The molecule has 2 rings (SSSR count). The first-order valence-corrected chi connectivity index (χ1v) is 7.91. The summed E-state index contributed by atoms with van der Waals surface area (Å²) in [4.78, 5) is 2.57. The summed E-state index contributed by atoms with van der Waals surface area (Å²) in [6, 6.07) is 7.09. The van der Waals surface area contributed by atoms with E-state index in [4.69, 9.17) is 0 Å². The van der Waals surface area contributed by atoms with Crippen molar-refractivity contribution in [1.29, 1.82) is 0 Å². The molecule has 2 N–H and O–H groups in total. The van der Waals surface area contributed by atoms with Crippen molar-refractivity contribution in [3.63, 3.8) is 0 Å². The fourth-order valence-electron chi connectivity index (χ4n) is 2.49. The van der Waals surface area contributed by atoms with Gasteiger partial charge in [-0.2, -0.15) is 0 Å². The molecule has 1 heterocycles. The lowest BCUT2D eigenvalue weighted by molar-refractivity contribution is 0.179. The van der Waals surface area contributed by atoms with Gasteiger partial charge in [-0.1, -0.05) is 15.9 Å². The van der Waals surface area contributed by atoms with Gasteiger partial charge < -0.3 is 10.6 Å². The highest BCUT2D eigenvalue weighted by Crippen LogP contribution is 2.20. The Balaban J connectivity index is 1.74. The molecule has 1 saturated heterocycles. The lowest BCUT2D eigenvalue weighted by atomic mass is 10.1. The van der Waals surface area contributed by atoms with Gasteiger partial charge in [0.05, 0.1) is 0 Å². The van der Waals surface area contributed by atoms with Crippen LogP contribution in [0.5, 0.6) is 0 Å². The van der Waals surface area contributed by atoms with Gasteiger partial charge in [-0.15, -0.1) is 0 Å². The van der Waals surface area contributed by atoms with Crippen LogP contribution in [0.25, 0.3) is 0 Å². The molecular formula is C15H24BrN3. The summed E-state index contributed by atoms with van der Waals surface area (Å²) in [6.07, 6.45) is 1.19. The van der Waals surface area contributed by atoms with Crippen molar-refractivity contribution in [2.75, 3.05) is 38.0 Å². The van der Waals surface area contributed by atoms with Crippen molar-refractivity contribution in [2.45, 2.75) is 26.3 Å². The number of hydrogen-bond acceptors (Lipinski definition) is 3. The van der Waals surface area contributed by atoms with Crippen molar-refractivity contribution in [3.8, 4) is 0 Å². The van der Waals surface area contributed by atoms with E-state index in [2.05, 4.69) is 63.5 Å². The van der Waals surface area contributed by atoms with Gasteiger partial charge in [0.2, 0.25) is 0 Å². The van der Waals surface area contributed by atoms with Crippen molar-refractivity contribution in [1.82, 2.24) is 10.2 Å². The highest BCUT2D eigenvalue weighted by Gasteiger charge is 2.15. The SMILES string of the molecule is Cc1cc(NCCC(C)N2CCNCC2)ccc1Br. The second-order valence-electron chi connectivity index (χ2n) is 5.31. The van der Waals surface area contributed by atoms with E-state index in [1.807, 2.05) is 0 Å². The van der Waals surface area contributed by atoms with Gasteiger partial charge in [-0.25, -0.2) is 0 Å². The third kappa shape index (κ3) is 4.48. The Hall–Kier alpha value is -0.580. The molecule has 1 atom stereocenters. The largest absolute Gasteiger partial charge is 0.385 e. The van der Waals surface area contributed by atoms with E-state index in [1.165, 1.54) is 35.2 Å². The van der Waals surface area contributed by atoms with Crippen LogP contribution in [0.4, 0.5) is 5.69 Å². The molecule has 1 aliphatic heterocycles. The minimum Gasteiger partial charge on any atom is -0.385 e. The van der Waals surface area contributed by atoms with Crippen LogP contribution >= 0.6 is 15.9 Å². The number of halogens is 1. The lowest BCUT2D eigenvalue weighted by Gasteiger charge is -2.32. The molecule has 0 amide bonds. The van der Waals surface area contributed by atoms with E-state index in [0.717, 1.165) is 19.6 Å². The summed E-state index contributed by atoms with van der Waals surface area (Å²) in [5.41, 5.74) is 2.49. The van der Waals surface area contributed by atoms with Crippen LogP contribution in [0.2, 0.25) is 0 Å². The van der Waals surface area contributed by atoms with Crippen LogP contribution in [0.15, 0.2) is 22.7 Å². The fraction of sp³-hybridized carbons (Fsp3) is 0.600. The molecule has 0 spiro atoms. The Morgan fingerprint density at radius 1 is 1.37 bits per heavy atom. The molecule has 0 saturated carbocycles. The first-order chi connectivity index (χ1) is 9.16. The summed E-state index contributed by atoms with van der Waals surface area (Å²) in [7, 11) is 0. The van der Waals surface area contributed by atoms with Gasteiger partial charge in [0.25, 0.3) is 0 Å². The molecule has 106 valence electrons. The van der Waals surface area contributed by atoms with Gasteiger partial charge in [-0.3, -0.25) is 4.90 Å². The first-order valence-electron chi connectivity index (χ1n) is 7.11. The number of nitrogens with zero attached hydrogens (tertiary/aromatic N) is 1. The summed E-state index contributed by atoms with van der Waals surface area (Å²) in [6.45, 7) is 10.1. The van der Waals surface area contributed by atoms with Gasteiger partial charge in [-0.05, 0) is 44.0 Å². The third-order valence-electron chi connectivity index (χ3n) is 3.82. The molecule has 1 aromatic carbocycles. The van der Waals surface area contributed by atoms with E-state index >= 15 is 0 Å². The number of piperazine rings is 1. The highest BCUT2D eigenvalue weighted by molar-refractivity contribution is 9.10. The van der Waals surface area contributed by atoms with E-state index in [1.54, 1.807) is 0 Å². The normalized spacial score (nSPS) is 18.3. The summed E-state index contributed by atoms with van der Waals surface area (Å²) in [5.74, 6) is 0. The minimum atomic E-state index is 0.658. The zero-order chi connectivity index (χ0) is 13.7. The van der Waals surface area contributed by atoms with E-state index < -0.39 is 0 Å². The number of rotatable bonds is 5. The molecule has 3 nitrogen and oxygen atoms in total. The first kappa shape index (κ1) is 14.8. The zero-order valence-electron chi connectivity index (χ0n) is 11.9. The molecule has 0 aromatic heterocycles. The Morgan fingerprint density at radius 2 is 2.11 bits per heavy atom. The number of aryl methyl sites for hydroxylation is 1. The average Bonchev–Trinajstić information content (AvgIpc) is 2.43. The summed E-state index contributed by atoms with van der Waals surface area (Å²) >= 11 is 3.53. The van der Waals surface area contributed by atoms with Crippen molar-refractivity contribution < 1.29 is 0 Å². The minimum absolute atomic E-state index is 0.658. The molecule has 1 unspecified atom stereocenters. The van der Waals surface area contributed by atoms with E-state index in [0.29, 0.717) is 6.04 Å². The maximum absolute atomic E-state index is 3.53. The molecule has 19 heavy (non-hydrogen) atoms. The number of benzene rings is 1. The maximum atomic E-state index is 3.53. The average molecular weight is 326 g/mol. The molecule has 1 aliphatic rings. The number of hydrogen-bond donors (Lipinski definition) is 2. The smallest absolute Gasteiger partial charge is 0.0343 e. The third-order valence-corrected chi connectivity index (χ3v) is 4.71. The zero-order valence-corrected chi connectivity index (χ0v) is 13.5. The Labute approximate surface area is 124 Å². The summed E-state index contributed by atoms with van der Waals surface area (Å²) < 4.78 is 1.17. The summed E-state index contributed by atoms with van der Waals surface area (Å²) in [5, 5.41) is 6.92. The second kappa shape index (κ2) is 7.27. The molecule has 1 fully saturated rings. The molecule has 0 radical (unpaired) electrons. The van der Waals surface area contributed by atoms with E-state index in [9.17, 15) is 0 Å². The molecule has 4 heteroatoms. The van der Waals surface area contributed by atoms with Gasteiger partial charge in [0.1, 0.15) is 0 Å². The predicted molar refractivity (Wildman–Crippen MR) is 85.9 cm³/mol. The predicted octanol–water partition coefficient (Wildman–Crippen LogP) is 2.85. The van der Waals surface area contributed by atoms with Crippen LogP contribution < -0.4 is 10.6 Å². The monoisotopic (exact) mass is 325 g/mol. The van der Waals surface area contributed by atoms with Crippen LogP contribution in [-0.4, -0.2) is 43.7 Å².